The van der Waals surface area contributed by atoms with Gasteiger partial charge in [-0.2, -0.15) is 0 Å². The summed E-state index contributed by atoms with van der Waals surface area (Å²) in [5.74, 6) is 0. The Morgan fingerprint density at radius 3 is 3.38 bits per heavy atom. The van der Waals surface area contributed by atoms with E-state index in [1.54, 1.807) is 6.20 Å². The van der Waals surface area contributed by atoms with Crippen LogP contribution in [0.5, 0.6) is 0 Å². The zero-order valence-electron chi connectivity index (χ0n) is 4.32. The third kappa shape index (κ3) is 1.93. The minimum absolute atomic E-state index is 0.845. The Kier molecular flexibility index (Phi) is 2.39. The molecule has 42 valence electrons. The second-order valence-electron chi connectivity index (χ2n) is 1.25. The molecule has 0 aromatic carbocycles. The third-order valence-electron chi connectivity index (χ3n) is 0.659. The van der Waals surface area contributed by atoms with Crippen molar-refractivity contribution < 1.29 is 0 Å². The van der Waals surface area contributed by atoms with Crippen LogP contribution in [0.15, 0.2) is 21.0 Å². The molecule has 0 aliphatic carbocycles. The first-order valence-corrected chi connectivity index (χ1v) is 3.18. The lowest BCUT2D eigenvalue weighted by Crippen LogP contribution is -1.75. The Morgan fingerprint density at radius 1 is 1.38 bits per heavy atom. The number of aliphatic imine (C=N–C) groups is 1. The molecule has 2 nitrogen and oxygen atoms in total. The highest BCUT2D eigenvalue weighted by atomic mass is 32.2. The fourth-order valence-electron chi connectivity index (χ4n) is 0.352. The van der Waals surface area contributed by atoms with Gasteiger partial charge in [-0.25, -0.2) is 4.40 Å². The highest BCUT2D eigenvalue weighted by Crippen LogP contribution is 2.03. The minimum atomic E-state index is 0.845. The lowest BCUT2D eigenvalue weighted by molar-refractivity contribution is 1.54. The van der Waals surface area contributed by atoms with Gasteiger partial charge in [-0.05, 0) is 0 Å². The summed E-state index contributed by atoms with van der Waals surface area (Å²) in [6.45, 7) is 0. The van der Waals surface area contributed by atoms with Crippen molar-refractivity contribution in [3.05, 3.63) is 11.6 Å². The Hall–Kier alpha value is -0.570. The highest BCUT2D eigenvalue weighted by Gasteiger charge is 1.76. The van der Waals surface area contributed by atoms with Gasteiger partial charge in [-0.1, -0.05) is 0 Å². The van der Waals surface area contributed by atoms with E-state index in [2.05, 4.69) is 9.39 Å². The van der Waals surface area contributed by atoms with Gasteiger partial charge < -0.3 is 0 Å². The summed E-state index contributed by atoms with van der Waals surface area (Å²) in [5.41, 5.74) is 0. The summed E-state index contributed by atoms with van der Waals surface area (Å²) in [5, 5.41) is 1.84. The van der Waals surface area contributed by atoms with Crippen molar-refractivity contribution in [2.75, 3.05) is 0 Å². The van der Waals surface area contributed by atoms with Gasteiger partial charge in [-0.15, -0.1) is 0 Å². The van der Waals surface area contributed by atoms with Gasteiger partial charge >= 0.3 is 0 Å². The number of nitrogens with zero attached hydrogens (tertiary/aromatic N) is 2. The second kappa shape index (κ2) is 3.43. The van der Waals surface area contributed by atoms with Crippen molar-refractivity contribution in [2.45, 2.75) is 6.42 Å². The van der Waals surface area contributed by atoms with E-state index in [4.69, 9.17) is 0 Å². The Morgan fingerprint density at radius 2 is 2.38 bits per heavy atom. The van der Waals surface area contributed by atoms with E-state index in [0.717, 1.165) is 6.42 Å². The highest BCUT2D eigenvalue weighted by molar-refractivity contribution is 8.01. The summed E-state index contributed by atoms with van der Waals surface area (Å²) < 4.78 is 3.94. The largest absolute Gasteiger partial charge is 0.268 e. The van der Waals surface area contributed by atoms with Crippen LogP contribution in [0.25, 0.3) is 0 Å². The first kappa shape index (κ1) is 5.56. The van der Waals surface area contributed by atoms with E-state index in [1.165, 1.54) is 11.9 Å². The molecule has 1 aliphatic rings. The van der Waals surface area contributed by atoms with Crippen molar-refractivity contribution >= 4 is 24.4 Å². The minimum Gasteiger partial charge on any atom is -0.268 e. The molecule has 0 bridgehead atoms. The molecule has 1 heterocycles. The van der Waals surface area contributed by atoms with Crippen LogP contribution < -0.4 is 0 Å². The first-order chi connectivity index (χ1) is 4.00. The molecule has 0 fully saturated rings. The lowest BCUT2D eigenvalue weighted by atomic mass is 10.5. The van der Waals surface area contributed by atoms with Crippen LogP contribution >= 0.6 is 11.9 Å². The van der Waals surface area contributed by atoms with Crippen LogP contribution in [0.1, 0.15) is 6.42 Å². The summed E-state index contributed by atoms with van der Waals surface area (Å²) in [6.07, 6.45) is 6.23. The second-order valence-corrected chi connectivity index (χ2v) is 1.94. The van der Waals surface area contributed by atoms with Crippen molar-refractivity contribution in [1.29, 1.82) is 0 Å². The van der Waals surface area contributed by atoms with Gasteiger partial charge in [0.15, 0.2) is 0 Å². The van der Waals surface area contributed by atoms with Crippen LogP contribution in [0.2, 0.25) is 0 Å². The monoisotopic (exact) mass is 126 g/mol. The van der Waals surface area contributed by atoms with Crippen molar-refractivity contribution in [3.63, 3.8) is 0 Å². The molecule has 3 heteroatoms. The van der Waals surface area contributed by atoms with Crippen LogP contribution in [0.3, 0.4) is 0 Å². The molecule has 0 saturated carbocycles. The average molecular weight is 126 g/mol. The first-order valence-electron chi connectivity index (χ1n) is 2.34. The predicted molar refractivity (Wildman–Crippen MR) is 38.3 cm³/mol. The molecule has 0 N–H and O–H groups in total. The molecular formula is C5H6N2S. The summed E-state index contributed by atoms with van der Waals surface area (Å²) in [4.78, 5) is 3.91. The molecule has 0 radical (unpaired) electrons. The maximum atomic E-state index is 3.94. The molecule has 0 amide bonds. The topological polar surface area (TPSA) is 24.7 Å². The summed E-state index contributed by atoms with van der Waals surface area (Å²) >= 11 is 1.40. The molecule has 0 saturated heterocycles. The molecule has 0 aromatic rings. The maximum absolute atomic E-state index is 3.94. The predicted octanol–water partition coefficient (Wildman–Crippen LogP) is 1.65. The SMILES string of the molecule is C1=C\S/N=C\C\C=N/1. The number of rotatable bonds is 0. The zero-order valence-corrected chi connectivity index (χ0v) is 5.14. The van der Waals surface area contributed by atoms with Crippen molar-refractivity contribution in [3.8, 4) is 0 Å². The fraction of sp³-hybridized carbons (Fsp3) is 0.200. The van der Waals surface area contributed by atoms with Crippen LogP contribution in [0.4, 0.5) is 0 Å². The average Bonchev–Trinajstić information content (AvgIpc) is 1.62. The molecule has 8 heavy (non-hydrogen) atoms. The van der Waals surface area contributed by atoms with Crippen LogP contribution in [-0.2, 0) is 0 Å². The smallest absolute Gasteiger partial charge is 0.0345 e. The Labute approximate surface area is 52.6 Å². The molecule has 0 unspecified atom stereocenters. The van der Waals surface area contributed by atoms with E-state index in [1.807, 2.05) is 17.8 Å². The third-order valence-corrected chi connectivity index (χ3v) is 1.17. The van der Waals surface area contributed by atoms with Gasteiger partial charge in [0.2, 0.25) is 0 Å². The molecule has 1 aliphatic heterocycles. The molecule has 1 rings (SSSR count). The lowest BCUT2D eigenvalue weighted by Gasteiger charge is -1.84. The van der Waals surface area contributed by atoms with E-state index in [-0.39, 0.29) is 0 Å². The fourth-order valence-corrected chi connectivity index (χ4v) is 0.720. The van der Waals surface area contributed by atoms with E-state index < -0.39 is 0 Å². The van der Waals surface area contributed by atoms with Gasteiger partial charge in [-0.3, -0.25) is 4.99 Å². The zero-order chi connectivity index (χ0) is 5.66. The molecule has 0 aromatic heterocycles. The van der Waals surface area contributed by atoms with Crippen molar-refractivity contribution in [2.24, 2.45) is 9.39 Å². The molecule has 0 atom stereocenters. The van der Waals surface area contributed by atoms with E-state index in [9.17, 15) is 0 Å². The summed E-state index contributed by atoms with van der Waals surface area (Å²) in [6, 6.07) is 0. The number of hydrogen-bond acceptors (Lipinski definition) is 3. The Balaban J connectivity index is 2.51. The van der Waals surface area contributed by atoms with Gasteiger partial charge in [0.1, 0.15) is 0 Å². The quantitative estimate of drug-likeness (QED) is 0.453. The molecule has 0 spiro atoms. The van der Waals surface area contributed by atoms with Crippen LogP contribution in [-0.4, -0.2) is 12.4 Å². The standard InChI is InChI=1S/C5H6N2S/c1-2-6-4-5-8-7-3-1/h2-5H,1H2/b5-4-,6-2-,7-3-. The van der Waals surface area contributed by atoms with Gasteiger partial charge in [0.05, 0.1) is 0 Å². The maximum Gasteiger partial charge on any atom is 0.0345 e. The van der Waals surface area contributed by atoms with Crippen molar-refractivity contribution in [1.82, 2.24) is 0 Å². The van der Waals surface area contributed by atoms with Crippen LogP contribution in [0, 0.1) is 0 Å². The van der Waals surface area contributed by atoms with E-state index >= 15 is 0 Å². The van der Waals surface area contributed by atoms with Gasteiger partial charge in [0.25, 0.3) is 0 Å². The Bertz CT molecular complexity index is 121. The van der Waals surface area contributed by atoms with E-state index in [0.29, 0.717) is 0 Å². The normalized spacial score (nSPS) is 30.0. The summed E-state index contributed by atoms with van der Waals surface area (Å²) in [7, 11) is 0. The number of hydrogen-bond donors (Lipinski definition) is 0. The molecular weight excluding hydrogens is 120 g/mol. The van der Waals surface area contributed by atoms with Gasteiger partial charge in [0, 0.05) is 42.4 Å².